The second-order valence-electron chi connectivity index (χ2n) is 6.13. The number of nitrogens with zero attached hydrogens (tertiary/aromatic N) is 1. The van der Waals surface area contributed by atoms with Crippen molar-refractivity contribution >= 4 is 35.2 Å². The van der Waals surface area contributed by atoms with Gasteiger partial charge in [-0.3, -0.25) is 20.4 Å². The van der Waals surface area contributed by atoms with E-state index in [0.29, 0.717) is 35.4 Å². The van der Waals surface area contributed by atoms with Crippen molar-refractivity contribution in [3.8, 4) is 0 Å². The maximum Gasteiger partial charge on any atom is 0.332 e. The molecule has 1 heterocycles. The van der Waals surface area contributed by atoms with Gasteiger partial charge < -0.3 is 10.2 Å². The number of hydrazine groups is 1. The number of hydrogen-bond donors (Lipinski definition) is 4. The Hall–Kier alpha value is -3.33. The zero-order valence-electron chi connectivity index (χ0n) is 15.0. The molecule has 0 atom stereocenters. The molecule has 4 amide bonds. The van der Waals surface area contributed by atoms with Gasteiger partial charge in [0.15, 0.2) is 5.76 Å². The van der Waals surface area contributed by atoms with Gasteiger partial charge in [-0.1, -0.05) is 23.7 Å². The third-order valence-electron chi connectivity index (χ3n) is 4.24. The minimum atomic E-state index is -0.777. The minimum absolute atomic E-state index is 0.0538. The van der Waals surface area contributed by atoms with Crippen molar-refractivity contribution < 1.29 is 18.8 Å². The van der Waals surface area contributed by atoms with Gasteiger partial charge in [0.1, 0.15) is 5.76 Å². The Morgan fingerprint density at radius 3 is 2.57 bits per heavy atom. The summed E-state index contributed by atoms with van der Waals surface area (Å²) in [6.07, 6.45) is 1.99. The monoisotopic (exact) mass is 403 g/mol. The van der Waals surface area contributed by atoms with Crippen LogP contribution in [0.1, 0.15) is 50.6 Å². The fourth-order valence-electron chi connectivity index (χ4n) is 3.00. The van der Waals surface area contributed by atoms with Crippen molar-refractivity contribution in [2.45, 2.75) is 26.2 Å². The number of halogens is 1. The SMILES string of the molecule is Cc1c(C(=O)NNC(=O)c2ccccc2Cl)oc2c1/C(=N/NC(N)=O)CCC2. The lowest BCUT2D eigenvalue weighted by Crippen LogP contribution is -2.41. The number of hydrazone groups is 1. The van der Waals surface area contributed by atoms with Crippen LogP contribution in [0, 0.1) is 6.92 Å². The van der Waals surface area contributed by atoms with Gasteiger partial charge in [0.2, 0.25) is 0 Å². The van der Waals surface area contributed by atoms with Crippen LogP contribution in [0.25, 0.3) is 0 Å². The van der Waals surface area contributed by atoms with E-state index < -0.39 is 17.8 Å². The van der Waals surface area contributed by atoms with E-state index in [4.69, 9.17) is 21.8 Å². The molecule has 146 valence electrons. The average Bonchev–Trinajstić information content (AvgIpc) is 3.02. The molecule has 28 heavy (non-hydrogen) atoms. The number of carbonyl (C=O) groups excluding carboxylic acids is 3. The predicted octanol–water partition coefficient (Wildman–Crippen LogP) is 2.02. The van der Waals surface area contributed by atoms with Gasteiger partial charge in [-0.05, 0) is 31.9 Å². The van der Waals surface area contributed by atoms with Crippen molar-refractivity contribution in [2.75, 3.05) is 0 Å². The predicted molar refractivity (Wildman–Crippen MR) is 102 cm³/mol. The molecule has 10 heteroatoms. The molecule has 0 fully saturated rings. The van der Waals surface area contributed by atoms with Gasteiger partial charge >= 0.3 is 11.9 Å². The third-order valence-corrected chi connectivity index (χ3v) is 4.57. The van der Waals surface area contributed by atoms with E-state index in [1.807, 2.05) is 0 Å². The largest absolute Gasteiger partial charge is 0.455 e. The van der Waals surface area contributed by atoms with Crippen molar-refractivity contribution in [2.24, 2.45) is 10.8 Å². The Bertz CT molecular complexity index is 982. The van der Waals surface area contributed by atoms with E-state index in [-0.39, 0.29) is 16.3 Å². The van der Waals surface area contributed by atoms with Crippen molar-refractivity contribution in [3.63, 3.8) is 0 Å². The van der Waals surface area contributed by atoms with E-state index in [9.17, 15) is 14.4 Å². The number of carbonyl (C=O) groups is 3. The van der Waals surface area contributed by atoms with Crippen LogP contribution >= 0.6 is 11.6 Å². The first-order valence-corrected chi connectivity index (χ1v) is 8.86. The summed E-state index contributed by atoms with van der Waals surface area (Å²) in [5.74, 6) is -0.523. The van der Waals surface area contributed by atoms with Gasteiger partial charge in [-0.15, -0.1) is 0 Å². The summed E-state index contributed by atoms with van der Waals surface area (Å²) in [5.41, 5.74) is 13.9. The molecular weight excluding hydrogens is 386 g/mol. The highest BCUT2D eigenvalue weighted by Gasteiger charge is 2.28. The van der Waals surface area contributed by atoms with Crippen LogP contribution in [0.2, 0.25) is 5.02 Å². The summed E-state index contributed by atoms with van der Waals surface area (Å²) in [6.45, 7) is 1.71. The van der Waals surface area contributed by atoms with E-state index in [2.05, 4.69) is 21.4 Å². The number of hydrogen-bond acceptors (Lipinski definition) is 5. The second-order valence-corrected chi connectivity index (χ2v) is 6.54. The fraction of sp³-hybridized carbons (Fsp3) is 0.222. The summed E-state index contributed by atoms with van der Waals surface area (Å²) in [4.78, 5) is 35.6. The molecule has 1 aromatic heterocycles. The molecule has 9 nitrogen and oxygen atoms in total. The average molecular weight is 404 g/mol. The molecule has 0 bridgehead atoms. The Labute approximate surface area is 165 Å². The first-order valence-electron chi connectivity index (χ1n) is 8.48. The first kappa shape index (κ1) is 19.4. The summed E-state index contributed by atoms with van der Waals surface area (Å²) in [5, 5.41) is 4.26. The number of amides is 4. The molecule has 0 saturated carbocycles. The topological polar surface area (TPSA) is 139 Å². The number of nitrogens with two attached hydrogens (primary N) is 1. The standard InChI is InChI=1S/C18H18ClN5O4/c1-9-14-12(21-24-18(20)27)7-4-8-13(14)28-15(9)17(26)23-22-16(25)10-5-2-3-6-11(10)19/h2-3,5-6H,4,7-8H2,1H3,(H,22,25)(H,23,26)(H3,20,24,27)/b21-12+. The summed E-state index contributed by atoms with van der Waals surface area (Å²) in [6, 6.07) is 5.69. The molecule has 1 aliphatic rings. The zero-order chi connectivity index (χ0) is 20.3. The smallest absolute Gasteiger partial charge is 0.332 e. The van der Waals surface area contributed by atoms with Crippen LogP contribution in [0.3, 0.4) is 0 Å². The highest BCUT2D eigenvalue weighted by Crippen LogP contribution is 2.29. The zero-order valence-corrected chi connectivity index (χ0v) is 15.7. The molecule has 0 saturated heterocycles. The Kier molecular flexibility index (Phi) is 5.65. The van der Waals surface area contributed by atoms with Crippen molar-refractivity contribution in [1.29, 1.82) is 0 Å². The van der Waals surface area contributed by atoms with Crippen LogP contribution in [0.5, 0.6) is 0 Å². The van der Waals surface area contributed by atoms with Crippen molar-refractivity contribution in [3.05, 3.63) is 57.5 Å². The number of nitrogens with one attached hydrogen (secondary N) is 3. The molecule has 1 aliphatic carbocycles. The van der Waals surface area contributed by atoms with Gasteiger partial charge in [0.25, 0.3) is 5.91 Å². The number of rotatable bonds is 3. The third kappa shape index (κ3) is 3.99. The van der Waals surface area contributed by atoms with E-state index in [1.54, 1.807) is 25.1 Å². The van der Waals surface area contributed by atoms with Crippen LogP contribution in [0.15, 0.2) is 33.8 Å². The first-order chi connectivity index (χ1) is 13.4. The number of aryl methyl sites for hydroxylation is 1. The van der Waals surface area contributed by atoms with E-state index >= 15 is 0 Å². The number of fused-ring (bicyclic) bond motifs is 1. The molecule has 0 radical (unpaired) electrons. The summed E-state index contributed by atoms with van der Waals surface area (Å²) in [7, 11) is 0. The molecule has 0 unspecified atom stereocenters. The van der Waals surface area contributed by atoms with Gasteiger partial charge in [0, 0.05) is 17.5 Å². The molecule has 1 aromatic carbocycles. The summed E-state index contributed by atoms with van der Waals surface area (Å²) >= 11 is 5.97. The van der Waals surface area contributed by atoms with Crippen LogP contribution < -0.4 is 22.0 Å². The lowest BCUT2D eigenvalue weighted by molar-refractivity contribution is 0.0829. The van der Waals surface area contributed by atoms with Crippen LogP contribution in [-0.2, 0) is 6.42 Å². The van der Waals surface area contributed by atoms with E-state index in [0.717, 1.165) is 6.42 Å². The van der Waals surface area contributed by atoms with Crippen LogP contribution in [0.4, 0.5) is 4.79 Å². The van der Waals surface area contributed by atoms with Gasteiger partial charge in [-0.2, -0.15) is 5.10 Å². The normalized spacial score (nSPS) is 14.3. The second kappa shape index (κ2) is 8.13. The number of urea groups is 1. The van der Waals surface area contributed by atoms with Gasteiger partial charge in [0.05, 0.1) is 16.3 Å². The molecule has 3 rings (SSSR count). The fourth-order valence-corrected chi connectivity index (χ4v) is 3.22. The number of furan rings is 1. The Morgan fingerprint density at radius 2 is 1.86 bits per heavy atom. The minimum Gasteiger partial charge on any atom is -0.455 e. The lowest BCUT2D eigenvalue weighted by Gasteiger charge is -2.13. The molecule has 0 spiro atoms. The Balaban J connectivity index is 1.76. The molecule has 0 aliphatic heterocycles. The highest BCUT2D eigenvalue weighted by atomic mass is 35.5. The summed E-state index contributed by atoms with van der Waals surface area (Å²) < 4.78 is 5.68. The van der Waals surface area contributed by atoms with Gasteiger partial charge in [-0.25, -0.2) is 10.2 Å². The molecular formula is C18H18ClN5O4. The lowest BCUT2D eigenvalue weighted by atomic mass is 9.93. The van der Waals surface area contributed by atoms with E-state index in [1.165, 1.54) is 6.07 Å². The van der Waals surface area contributed by atoms with Crippen LogP contribution in [-0.4, -0.2) is 23.6 Å². The highest BCUT2D eigenvalue weighted by molar-refractivity contribution is 6.33. The number of benzene rings is 1. The number of primary amides is 1. The maximum atomic E-state index is 12.5. The quantitative estimate of drug-likeness (QED) is 0.582. The van der Waals surface area contributed by atoms with Crippen molar-refractivity contribution in [1.82, 2.24) is 16.3 Å². The Morgan fingerprint density at radius 1 is 1.14 bits per heavy atom. The molecule has 2 aromatic rings. The maximum absolute atomic E-state index is 12.5. The molecule has 5 N–H and O–H groups in total.